The number of phosphoric ester groups is 2. The van der Waals surface area contributed by atoms with Crippen molar-refractivity contribution in [1.82, 2.24) is 36.1 Å². The highest BCUT2D eigenvalue weighted by Crippen LogP contribution is 2.45. The van der Waals surface area contributed by atoms with Gasteiger partial charge < -0.3 is 85.4 Å². The van der Waals surface area contributed by atoms with Gasteiger partial charge in [0.25, 0.3) is 5.69 Å². The molecule has 12 N–H and O–H groups in total. The molecule has 1 aromatic carbocycles. The number of hydrogen-bond acceptors (Lipinski definition) is 21. The van der Waals surface area contributed by atoms with Gasteiger partial charge in [-0.2, -0.15) is 16.7 Å². The molecule has 2 unspecified atom stereocenters. The Kier molecular flexibility index (Phi) is 25.4. The summed E-state index contributed by atoms with van der Waals surface area (Å²) in [6.07, 6.45) is -4.96. The number of anilines is 1. The largest absolute Gasteiger partial charge is 0.470 e. The lowest BCUT2D eigenvalue weighted by molar-refractivity contribution is -0.386. The third kappa shape index (κ3) is 21.7. The number of unbranched alkanes of at least 4 members (excludes halogenated alkanes) is 1. The lowest BCUT2D eigenvalue weighted by Crippen LogP contribution is -2.38. The van der Waals surface area contributed by atoms with E-state index in [1.165, 1.54) is 25.1 Å². The molecule has 1 aromatic heterocycles. The fourth-order valence-electron chi connectivity index (χ4n) is 8.22. The molecule has 31 nitrogen and oxygen atoms in total. The number of nitro groups is 1. The number of nitrogen functional groups attached to an aromatic ring is 1. The number of nitrogens with two attached hydrogens (primary N) is 1. The van der Waals surface area contributed by atoms with E-state index in [4.69, 9.17) is 43.9 Å². The van der Waals surface area contributed by atoms with Crippen molar-refractivity contribution in [3.05, 3.63) is 61.7 Å². The number of benzene rings is 1. The minimum atomic E-state index is -5.31. The summed E-state index contributed by atoms with van der Waals surface area (Å²) >= 11 is 1.86. The smallest absolute Gasteiger partial charge is 0.441 e. The summed E-state index contributed by atoms with van der Waals surface area (Å²) in [5.74, 6) is 0.302. The number of phosphoric acid groups is 2. The number of hydrogen-bond donors (Lipinski definition) is 11. The molecule has 0 spiro atoms. The molecule has 5 amide bonds. The van der Waals surface area contributed by atoms with Crippen molar-refractivity contribution in [3.8, 4) is 0 Å². The number of aliphatic hydroxyl groups is 1. The monoisotopic (exact) mass is 1160 g/mol. The molecule has 77 heavy (non-hydrogen) atoms. The minimum absolute atomic E-state index is 0.00204. The fraction of sp³-hybridized carbons (Fsp3) is 0.674. The van der Waals surface area contributed by atoms with Crippen LogP contribution in [0.5, 0.6) is 0 Å². The summed E-state index contributed by atoms with van der Waals surface area (Å²) in [4.78, 5) is 113. The Morgan fingerprint density at radius 1 is 0.922 bits per heavy atom. The molecule has 3 fully saturated rings. The van der Waals surface area contributed by atoms with Crippen molar-refractivity contribution in [2.75, 3.05) is 84.0 Å². The maximum Gasteiger partial charge on any atom is 0.470 e. The van der Waals surface area contributed by atoms with Gasteiger partial charge in [-0.25, -0.2) is 23.5 Å². The molecule has 34 heteroatoms. The molecule has 2 aromatic rings. The van der Waals surface area contributed by atoms with Gasteiger partial charge in [-0.3, -0.25) is 33.3 Å². The van der Waals surface area contributed by atoms with Gasteiger partial charge in [-0.15, -0.1) is 0 Å². The third-order valence-corrected chi connectivity index (χ3v) is 14.5. The van der Waals surface area contributed by atoms with E-state index in [0.29, 0.717) is 56.8 Å². The van der Waals surface area contributed by atoms with Gasteiger partial charge in [-0.1, -0.05) is 12.5 Å². The van der Waals surface area contributed by atoms with Crippen molar-refractivity contribution in [2.24, 2.45) is 0 Å². The first kappa shape index (κ1) is 62.9. The average molecular weight is 1160 g/mol. The number of nitro benzene ring substituents is 1. The molecule has 4 heterocycles. The second-order valence-corrected chi connectivity index (χ2v) is 21.4. The Bertz CT molecular complexity index is 2450. The average Bonchev–Trinajstić information content (AvgIpc) is 4.05. The molecule has 432 valence electrons. The van der Waals surface area contributed by atoms with E-state index in [9.17, 15) is 58.1 Å². The molecule has 0 saturated carbocycles. The van der Waals surface area contributed by atoms with E-state index < -0.39 is 69.6 Å². The van der Waals surface area contributed by atoms with E-state index >= 15 is 0 Å². The second-order valence-electron chi connectivity index (χ2n) is 17.7. The molecule has 0 radical (unpaired) electrons. The fourth-order valence-corrected chi connectivity index (χ4v) is 10.7. The van der Waals surface area contributed by atoms with Gasteiger partial charge in [0.15, 0.2) is 6.23 Å². The minimum Gasteiger partial charge on any atom is -0.441 e. The quantitative estimate of drug-likeness (QED) is 0.0141. The van der Waals surface area contributed by atoms with Crippen LogP contribution in [0.25, 0.3) is 0 Å². The van der Waals surface area contributed by atoms with E-state index in [1.54, 1.807) is 0 Å². The van der Waals surface area contributed by atoms with Crippen LogP contribution < -0.4 is 38.0 Å². The number of aryl methyl sites for hydroxylation is 1. The topological polar surface area (TPSA) is 442 Å². The van der Waals surface area contributed by atoms with E-state index in [0.717, 1.165) is 35.8 Å². The number of rotatable bonds is 35. The molecule has 3 aliphatic heterocycles. The highest BCUT2D eigenvalue weighted by atomic mass is 32.2. The van der Waals surface area contributed by atoms with Crippen LogP contribution in [0.15, 0.2) is 29.2 Å². The Hall–Kier alpha value is -4.89. The van der Waals surface area contributed by atoms with E-state index in [-0.39, 0.29) is 105 Å². The maximum absolute atomic E-state index is 12.8. The van der Waals surface area contributed by atoms with E-state index in [2.05, 4.69) is 40.6 Å². The zero-order chi connectivity index (χ0) is 56.1. The third-order valence-electron chi connectivity index (χ3n) is 11.9. The van der Waals surface area contributed by atoms with Crippen molar-refractivity contribution in [1.29, 1.82) is 0 Å². The summed E-state index contributed by atoms with van der Waals surface area (Å²) in [6, 6.07) is 4.38. The predicted octanol–water partition coefficient (Wildman–Crippen LogP) is -0.0861. The lowest BCUT2D eigenvalue weighted by atomic mass is 10.0. The van der Waals surface area contributed by atoms with Gasteiger partial charge in [0, 0.05) is 61.3 Å². The second kappa shape index (κ2) is 31.0. The van der Waals surface area contributed by atoms with Gasteiger partial charge in [0.2, 0.25) is 11.8 Å². The van der Waals surface area contributed by atoms with Gasteiger partial charge >= 0.3 is 33.5 Å². The first-order chi connectivity index (χ1) is 36.6. The Morgan fingerprint density at radius 3 is 2.27 bits per heavy atom. The van der Waals surface area contributed by atoms with Crippen LogP contribution in [0.4, 0.5) is 21.1 Å². The molecule has 0 aliphatic carbocycles. The molecule has 8 atom stereocenters. The number of amides is 5. The number of aliphatic hydroxyl groups excluding tert-OH is 1. The highest BCUT2D eigenvalue weighted by molar-refractivity contribution is 8.00. The first-order valence-electron chi connectivity index (χ1n) is 24.5. The number of nitrogens with one attached hydrogen (secondary N) is 5. The molecular weight excluding hydrogens is 1090 g/mol. The Balaban J connectivity index is 0.900. The van der Waals surface area contributed by atoms with Gasteiger partial charge in [-0.05, 0) is 44.2 Å². The zero-order valence-corrected chi connectivity index (χ0v) is 44.6. The molecule has 5 rings (SSSR count). The van der Waals surface area contributed by atoms with Crippen molar-refractivity contribution in [2.45, 2.75) is 106 Å². The van der Waals surface area contributed by atoms with Crippen LogP contribution in [-0.2, 0) is 69.2 Å². The standard InChI is InChI=1S/C43H67N9O22P2S/c1-26(72-43(58)46-11-4-5-28-23-51(42(57)50-39(28)44)40-37(55)38(74-76(64,65)66)32(73-40)24-71-75(61,62)63)29-21-27(8-9-31(29)52(59)60)22-47-35(54)10-13-67-15-17-69-19-20-70-18-16-68-14-12-45-34(53)7-3-2-6-33-36-30(25-77-33)48-41(56)49-36/h8-9,21,23,26,30,32-33,36-38,40,55H,2-7,10-20,22,24-25H2,1H3,(H,45,53)(H,46,58)(H,47,54)(H2,44,50,57)(H2,48,49,56)(H2,61,62,63)(H2,64,65,66)/t26?,30-,32+,33-,36-,37?,38-,40+/m0/s1. The van der Waals surface area contributed by atoms with Crippen LogP contribution in [0.2, 0.25) is 0 Å². The number of carbonyl (C=O) groups is 4. The number of carbonyl (C=O) groups excluding carboxylic acids is 4. The van der Waals surface area contributed by atoms with Gasteiger partial charge in [0.05, 0.1) is 82.0 Å². The van der Waals surface area contributed by atoms with E-state index in [1.807, 2.05) is 11.8 Å². The highest BCUT2D eigenvalue weighted by Gasteiger charge is 2.49. The summed E-state index contributed by atoms with van der Waals surface area (Å²) in [5, 5.41) is 37.0. The molecular formula is C43H67N9O22P2S. The van der Waals surface area contributed by atoms with Crippen LogP contribution in [-0.4, -0.2) is 177 Å². The number of ether oxygens (including phenoxy) is 6. The Morgan fingerprint density at radius 2 is 1.60 bits per heavy atom. The van der Waals surface area contributed by atoms with Crippen molar-refractivity contribution in [3.63, 3.8) is 0 Å². The number of aromatic nitrogens is 2. The number of alkyl carbamates (subject to hydrolysis) is 1. The summed E-state index contributed by atoms with van der Waals surface area (Å²) in [6.45, 7) is 3.12. The number of nitrogens with zero attached hydrogens (tertiary/aromatic N) is 3. The SMILES string of the molecule is CC(OC(=O)NCCCc1cn([C@@H]2O[C@H](COP(=O)(O)O)[C@H](OP(=O)(O)O)C2O)c(=O)nc1N)c1cc(CNC(=O)CCOCCOCCOCCOCCNC(=O)CCCC[C@@H]2SC[C@@H]3NC(=O)N[C@@H]32)ccc1[N+](=O)[O-]. The van der Waals surface area contributed by atoms with Crippen molar-refractivity contribution < 1.29 is 95.4 Å². The summed E-state index contributed by atoms with van der Waals surface area (Å²) in [7, 11) is -10.4. The number of fused-ring (bicyclic) bond motifs is 1. The summed E-state index contributed by atoms with van der Waals surface area (Å²) in [5.41, 5.74) is 5.24. The Labute approximate surface area is 445 Å². The molecule has 0 bridgehead atoms. The lowest BCUT2D eigenvalue weighted by Gasteiger charge is -2.21. The number of urea groups is 1. The van der Waals surface area contributed by atoms with Crippen LogP contribution in [0, 0.1) is 10.1 Å². The van der Waals surface area contributed by atoms with Crippen LogP contribution in [0.3, 0.4) is 0 Å². The normalized spacial score (nSPS) is 21.5. The number of thioether (sulfide) groups is 1. The molecule has 3 aliphatic rings. The zero-order valence-electron chi connectivity index (χ0n) is 42.0. The first-order valence-corrected chi connectivity index (χ1v) is 28.6. The summed E-state index contributed by atoms with van der Waals surface area (Å²) < 4.78 is 65.3. The van der Waals surface area contributed by atoms with Crippen LogP contribution in [0.1, 0.15) is 74.5 Å². The maximum atomic E-state index is 12.8. The van der Waals surface area contributed by atoms with Gasteiger partial charge in [0.1, 0.15) is 30.2 Å². The van der Waals surface area contributed by atoms with Crippen LogP contribution >= 0.6 is 27.4 Å². The predicted molar refractivity (Wildman–Crippen MR) is 269 cm³/mol. The molecule has 3 saturated heterocycles. The van der Waals surface area contributed by atoms with Crippen molar-refractivity contribution >= 4 is 62.9 Å².